The summed E-state index contributed by atoms with van der Waals surface area (Å²) < 4.78 is 12.9. The highest BCUT2D eigenvalue weighted by Crippen LogP contribution is 2.58. The van der Waals surface area contributed by atoms with Gasteiger partial charge in [-0.1, -0.05) is 28.1 Å². The Labute approximate surface area is 172 Å². The number of primary amides is 1. The number of benzene rings is 1. The van der Waals surface area contributed by atoms with Crippen LogP contribution in [0.1, 0.15) is 37.8 Å². The maximum absolute atomic E-state index is 11.8. The molecule has 7 nitrogen and oxygen atoms in total. The van der Waals surface area contributed by atoms with Gasteiger partial charge < -0.3 is 20.3 Å². The van der Waals surface area contributed by atoms with E-state index in [1.807, 2.05) is 26.0 Å². The zero-order valence-electron chi connectivity index (χ0n) is 16.3. The summed E-state index contributed by atoms with van der Waals surface area (Å²) in [5.41, 5.74) is 7.12. The predicted octanol–water partition coefficient (Wildman–Crippen LogP) is 2.92. The number of methoxy groups -OCH3 is 1. The first-order chi connectivity index (χ1) is 13.2. The summed E-state index contributed by atoms with van der Waals surface area (Å²) >= 11 is 3.70. The van der Waals surface area contributed by atoms with E-state index in [2.05, 4.69) is 22.0 Å². The second-order valence-corrected chi connectivity index (χ2v) is 8.99. The Morgan fingerprint density at radius 1 is 1.50 bits per heavy atom. The number of quaternary nitrogens is 1. The van der Waals surface area contributed by atoms with Crippen molar-refractivity contribution in [1.82, 2.24) is 0 Å². The summed E-state index contributed by atoms with van der Waals surface area (Å²) in [7, 11) is 1.62. The Bertz CT molecular complexity index is 857. The van der Waals surface area contributed by atoms with Gasteiger partial charge in [-0.25, -0.2) is 4.79 Å². The molecule has 0 aromatic heterocycles. The lowest BCUT2D eigenvalue weighted by Gasteiger charge is -2.38. The molecule has 2 aliphatic heterocycles. The first kappa shape index (κ1) is 19.5. The number of carbonyl (C=O) groups excluding carboxylic acids is 1. The van der Waals surface area contributed by atoms with E-state index in [0.29, 0.717) is 37.4 Å². The van der Waals surface area contributed by atoms with Crippen LogP contribution >= 0.6 is 15.9 Å². The van der Waals surface area contributed by atoms with E-state index in [4.69, 9.17) is 20.0 Å². The molecule has 2 heterocycles. The van der Waals surface area contributed by atoms with Gasteiger partial charge in [-0.2, -0.15) is 0 Å². The van der Waals surface area contributed by atoms with Crippen LogP contribution in [0.5, 0.6) is 11.5 Å². The number of nitrogens with two attached hydrogens (primary N) is 1. The summed E-state index contributed by atoms with van der Waals surface area (Å²) in [5.74, 6) is 1.37. The van der Waals surface area contributed by atoms with Gasteiger partial charge >= 0.3 is 6.09 Å². The number of nitrogens with zero attached hydrogens (tertiary/aromatic N) is 1. The molecule has 1 aromatic rings. The van der Waals surface area contributed by atoms with E-state index in [1.165, 1.54) is 0 Å². The van der Waals surface area contributed by atoms with Gasteiger partial charge in [0.15, 0.2) is 11.5 Å². The van der Waals surface area contributed by atoms with Crippen LogP contribution in [0, 0.1) is 0 Å². The van der Waals surface area contributed by atoms with Crippen LogP contribution in [0.15, 0.2) is 22.7 Å². The molecule has 152 valence electrons. The highest BCUT2D eigenvalue weighted by atomic mass is 79.9. The Morgan fingerprint density at radius 2 is 2.25 bits per heavy atom. The molecule has 0 saturated carbocycles. The molecule has 28 heavy (non-hydrogen) atoms. The van der Waals surface area contributed by atoms with Crippen molar-refractivity contribution in [1.29, 1.82) is 0 Å². The fourth-order valence-electron chi connectivity index (χ4n) is 4.89. The van der Waals surface area contributed by atoms with Crippen molar-refractivity contribution in [2.75, 3.05) is 13.7 Å². The molecule has 1 aromatic carbocycles. The third-order valence-electron chi connectivity index (χ3n) is 6.43. The van der Waals surface area contributed by atoms with Crippen LogP contribution in [0.25, 0.3) is 0 Å². The van der Waals surface area contributed by atoms with Gasteiger partial charge in [0.2, 0.25) is 0 Å². The van der Waals surface area contributed by atoms with E-state index < -0.39 is 17.6 Å². The van der Waals surface area contributed by atoms with Crippen molar-refractivity contribution in [3.8, 4) is 11.5 Å². The summed E-state index contributed by atoms with van der Waals surface area (Å²) in [6.07, 6.45) is 3.59. The number of hydrogen-bond donors (Lipinski definition) is 2. The number of hydrogen-bond acceptors (Lipinski definition) is 5. The van der Waals surface area contributed by atoms with E-state index in [0.717, 1.165) is 15.6 Å². The normalized spacial score (nSPS) is 32.9. The molecule has 1 aliphatic carbocycles. The molecule has 1 amide bonds. The van der Waals surface area contributed by atoms with Crippen molar-refractivity contribution in [3.63, 3.8) is 0 Å². The molecule has 4 atom stereocenters. The van der Waals surface area contributed by atoms with E-state index in [1.54, 1.807) is 7.11 Å². The number of carbonyl (C=O) groups is 1. The summed E-state index contributed by atoms with van der Waals surface area (Å²) in [6.45, 7) is 5.11. The molecular formula is C20H26BrN2O5+. The van der Waals surface area contributed by atoms with Crippen molar-refractivity contribution >= 4 is 22.0 Å². The van der Waals surface area contributed by atoms with Gasteiger partial charge in [0.25, 0.3) is 0 Å². The zero-order valence-corrected chi connectivity index (χ0v) is 17.9. The minimum Gasteiger partial charge on any atom is -0.493 e. The molecule has 0 fully saturated rings. The number of rotatable bonds is 3. The summed E-state index contributed by atoms with van der Waals surface area (Å²) in [6, 6.07) is 1.91. The van der Waals surface area contributed by atoms with Gasteiger partial charge in [-0.15, -0.1) is 4.65 Å². The second-order valence-electron chi connectivity index (χ2n) is 8.14. The van der Waals surface area contributed by atoms with Crippen LogP contribution in [0.2, 0.25) is 0 Å². The van der Waals surface area contributed by atoms with Gasteiger partial charge in [0.05, 0.1) is 18.6 Å². The lowest BCUT2D eigenvalue weighted by Crippen LogP contribution is -2.55. The first-order valence-electron chi connectivity index (χ1n) is 9.52. The summed E-state index contributed by atoms with van der Waals surface area (Å²) in [5, 5.41) is 10.2. The smallest absolute Gasteiger partial charge is 0.459 e. The lowest BCUT2D eigenvalue weighted by atomic mass is 9.69. The lowest BCUT2D eigenvalue weighted by molar-refractivity contribution is -1.11. The first-order valence-corrected chi connectivity index (χ1v) is 10.3. The number of ether oxygens (including phenoxy) is 2. The highest BCUT2D eigenvalue weighted by molar-refractivity contribution is 9.10. The third-order valence-corrected chi connectivity index (χ3v) is 7.14. The molecule has 3 N–H and O–H groups in total. The average molecular weight is 454 g/mol. The molecule has 0 radical (unpaired) electrons. The number of aliphatic hydroxyl groups excluding tert-OH is 1. The van der Waals surface area contributed by atoms with E-state index in [-0.39, 0.29) is 16.8 Å². The van der Waals surface area contributed by atoms with Crippen LogP contribution in [0.3, 0.4) is 0 Å². The van der Waals surface area contributed by atoms with Gasteiger partial charge in [0.1, 0.15) is 25.2 Å². The standard InChI is InChI=1S/C20H25BrN2O5/c1-11(2)23(28-19(22)25)7-6-20-5-4-12(24)8-16(20)27-18-15(26-3)9-14(21)13(10-23)17(18)20/h4-5,9,11-12,16,24H,6-8,10H2,1-3H3,(H-,22,25)/p+1/t12-,16?,20?,23?/m0/s1. The predicted molar refractivity (Wildman–Crippen MR) is 106 cm³/mol. The Hall–Kier alpha value is -1.77. The Balaban J connectivity index is 1.96. The van der Waals surface area contributed by atoms with Gasteiger partial charge in [0, 0.05) is 28.4 Å². The van der Waals surface area contributed by atoms with Crippen LogP contribution < -0.4 is 15.2 Å². The topological polar surface area (TPSA) is 91.0 Å². The molecular weight excluding hydrogens is 428 g/mol. The highest BCUT2D eigenvalue weighted by Gasteiger charge is 2.57. The molecule has 4 rings (SSSR count). The van der Waals surface area contributed by atoms with E-state index >= 15 is 0 Å². The minimum absolute atomic E-state index is 0.0184. The largest absolute Gasteiger partial charge is 0.493 e. The van der Waals surface area contributed by atoms with Gasteiger partial charge in [-0.3, -0.25) is 4.84 Å². The Kier molecular flexibility index (Phi) is 4.63. The zero-order chi connectivity index (χ0) is 20.3. The molecule has 8 heteroatoms. The van der Waals surface area contributed by atoms with Crippen molar-refractivity contribution < 1.29 is 28.9 Å². The maximum atomic E-state index is 11.8. The molecule has 0 bridgehead atoms. The number of aliphatic hydroxyl groups is 1. The molecule has 3 unspecified atom stereocenters. The molecule has 3 aliphatic rings. The van der Waals surface area contributed by atoms with E-state index in [9.17, 15) is 9.90 Å². The van der Waals surface area contributed by atoms with Crippen molar-refractivity contribution in [2.45, 2.75) is 56.9 Å². The maximum Gasteiger partial charge on any atom is 0.459 e. The summed E-state index contributed by atoms with van der Waals surface area (Å²) in [4.78, 5) is 17.5. The second kappa shape index (κ2) is 6.64. The van der Waals surface area contributed by atoms with Gasteiger partial charge in [-0.05, 0) is 19.9 Å². The number of hydroxylamine groups is 3. The monoisotopic (exact) mass is 453 g/mol. The quantitative estimate of drug-likeness (QED) is 0.542. The molecule has 1 spiro atoms. The molecule has 0 saturated heterocycles. The fraction of sp³-hybridized carbons (Fsp3) is 0.550. The van der Waals surface area contributed by atoms with Crippen LogP contribution in [0.4, 0.5) is 4.79 Å². The Morgan fingerprint density at radius 3 is 2.89 bits per heavy atom. The third kappa shape index (κ3) is 2.73. The minimum atomic E-state index is -0.782. The van der Waals surface area contributed by atoms with Crippen molar-refractivity contribution in [3.05, 3.63) is 33.8 Å². The van der Waals surface area contributed by atoms with Crippen LogP contribution in [-0.2, 0) is 16.8 Å². The van der Waals surface area contributed by atoms with Crippen LogP contribution in [-0.4, -0.2) is 47.8 Å². The van der Waals surface area contributed by atoms with Crippen molar-refractivity contribution in [2.24, 2.45) is 5.73 Å². The SMILES string of the molecule is COc1cc(Br)c2c3c1OC1C[C@@H](O)C=CC31CC[N+](OC(N)=O)(C(C)C)C2. The average Bonchev–Trinajstić information content (AvgIpc) is 2.87. The number of halogens is 1. The number of amides is 1. The fourth-order valence-corrected chi connectivity index (χ4v) is 5.43.